The van der Waals surface area contributed by atoms with Crippen molar-refractivity contribution in [2.24, 2.45) is 5.92 Å². The zero-order valence-electron chi connectivity index (χ0n) is 11.3. The molecule has 0 heterocycles. The van der Waals surface area contributed by atoms with Gasteiger partial charge in [0.15, 0.2) is 0 Å². The standard InChI is InChI=1S/C14H17NO5/c1-2-13(16)8-12(9-15(18)19)14(17)20-10-11-6-4-3-5-7-11/h3-7,12H,2,8-10H2,1H3. The molecular weight excluding hydrogens is 262 g/mol. The maximum Gasteiger partial charge on any atom is 0.316 e. The molecule has 20 heavy (non-hydrogen) atoms. The Bertz CT molecular complexity index is 472. The summed E-state index contributed by atoms with van der Waals surface area (Å²) in [5.74, 6) is -1.90. The van der Waals surface area contributed by atoms with E-state index in [1.807, 2.05) is 6.07 Å². The summed E-state index contributed by atoms with van der Waals surface area (Å²) >= 11 is 0. The van der Waals surface area contributed by atoms with E-state index < -0.39 is 23.4 Å². The third-order valence-corrected chi connectivity index (χ3v) is 2.80. The van der Waals surface area contributed by atoms with Gasteiger partial charge in [-0.2, -0.15) is 0 Å². The van der Waals surface area contributed by atoms with E-state index in [2.05, 4.69) is 0 Å². The van der Waals surface area contributed by atoms with E-state index in [1.165, 1.54) is 0 Å². The highest BCUT2D eigenvalue weighted by Gasteiger charge is 2.27. The smallest absolute Gasteiger partial charge is 0.316 e. The number of hydrogen-bond acceptors (Lipinski definition) is 5. The van der Waals surface area contributed by atoms with Crippen LogP contribution >= 0.6 is 0 Å². The highest BCUT2D eigenvalue weighted by atomic mass is 16.6. The third-order valence-electron chi connectivity index (χ3n) is 2.80. The summed E-state index contributed by atoms with van der Waals surface area (Å²) < 4.78 is 5.04. The van der Waals surface area contributed by atoms with Crippen LogP contribution in [0.1, 0.15) is 25.3 Å². The van der Waals surface area contributed by atoms with Gasteiger partial charge < -0.3 is 4.74 Å². The number of nitro groups is 1. The molecule has 0 saturated heterocycles. The number of ketones is 1. The van der Waals surface area contributed by atoms with Crippen molar-refractivity contribution >= 4 is 11.8 Å². The number of esters is 1. The Labute approximate surface area is 116 Å². The first-order chi connectivity index (χ1) is 9.52. The zero-order chi connectivity index (χ0) is 15.0. The molecule has 0 aliphatic heterocycles. The molecule has 0 saturated carbocycles. The summed E-state index contributed by atoms with van der Waals surface area (Å²) in [5.41, 5.74) is 0.794. The van der Waals surface area contributed by atoms with Crippen LogP contribution < -0.4 is 0 Å². The number of ether oxygens (including phenoxy) is 1. The lowest BCUT2D eigenvalue weighted by Gasteiger charge is -2.11. The fourth-order valence-corrected chi connectivity index (χ4v) is 1.67. The molecule has 0 amide bonds. The highest BCUT2D eigenvalue weighted by molar-refractivity contribution is 5.84. The van der Waals surface area contributed by atoms with Gasteiger partial charge in [0.05, 0.1) is 0 Å². The average Bonchev–Trinajstić information content (AvgIpc) is 2.44. The molecule has 1 aromatic carbocycles. The molecule has 1 atom stereocenters. The van der Waals surface area contributed by atoms with Crippen LogP contribution in [0, 0.1) is 16.0 Å². The molecule has 0 aliphatic rings. The second kappa shape index (κ2) is 8.04. The normalized spacial score (nSPS) is 11.7. The second-order valence-electron chi connectivity index (χ2n) is 4.40. The summed E-state index contributed by atoms with van der Waals surface area (Å²) in [4.78, 5) is 33.1. The molecule has 6 nitrogen and oxygen atoms in total. The van der Waals surface area contributed by atoms with Crippen molar-refractivity contribution < 1.29 is 19.2 Å². The van der Waals surface area contributed by atoms with E-state index in [1.54, 1.807) is 31.2 Å². The Morgan fingerprint density at radius 3 is 2.50 bits per heavy atom. The van der Waals surface area contributed by atoms with Crippen LogP contribution in [0.5, 0.6) is 0 Å². The number of nitrogens with zero attached hydrogens (tertiary/aromatic N) is 1. The molecule has 1 rings (SSSR count). The molecular formula is C14H17NO5. The number of hydrogen-bond donors (Lipinski definition) is 0. The summed E-state index contributed by atoms with van der Waals surface area (Å²) in [5, 5.41) is 10.5. The van der Waals surface area contributed by atoms with Crippen molar-refractivity contribution in [3.05, 3.63) is 46.0 Å². The molecule has 0 N–H and O–H groups in total. The summed E-state index contributed by atoms with van der Waals surface area (Å²) in [7, 11) is 0. The van der Waals surface area contributed by atoms with Crippen LogP contribution in [0.25, 0.3) is 0 Å². The topological polar surface area (TPSA) is 86.5 Å². The van der Waals surface area contributed by atoms with E-state index in [0.717, 1.165) is 5.56 Å². The predicted octanol–water partition coefficient (Wildman–Crippen LogP) is 1.99. The quantitative estimate of drug-likeness (QED) is 0.412. The maximum absolute atomic E-state index is 11.8. The number of Topliss-reactive ketones (excluding diaryl/α,β-unsaturated/α-hetero) is 1. The van der Waals surface area contributed by atoms with Gasteiger partial charge in [-0.25, -0.2) is 0 Å². The van der Waals surface area contributed by atoms with Crippen LogP contribution in [0.3, 0.4) is 0 Å². The van der Waals surface area contributed by atoms with Crippen molar-refractivity contribution in [3.63, 3.8) is 0 Å². The minimum atomic E-state index is -1.01. The molecule has 0 radical (unpaired) electrons. The maximum atomic E-state index is 11.8. The summed E-state index contributed by atoms with van der Waals surface area (Å²) in [6.07, 6.45) is 0.102. The zero-order valence-corrected chi connectivity index (χ0v) is 11.3. The van der Waals surface area contributed by atoms with E-state index >= 15 is 0 Å². The first-order valence-electron chi connectivity index (χ1n) is 6.37. The Morgan fingerprint density at radius 1 is 1.30 bits per heavy atom. The highest BCUT2D eigenvalue weighted by Crippen LogP contribution is 2.11. The molecule has 1 unspecified atom stereocenters. The monoisotopic (exact) mass is 279 g/mol. The lowest BCUT2D eigenvalue weighted by Crippen LogP contribution is -2.27. The average molecular weight is 279 g/mol. The van der Waals surface area contributed by atoms with Crippen LogP contribution in [-0.4, -0.2) is 23.2 Å². The van der Waals surface area contributed by atoms with Crippen molar-refractivity contribution in [3.8, 4) is 0 Å². The van der Waals surface area contributed by atoms with Gasteiger partial charge in [-0.15, -0.1) is 0 Å². The number of carbonyl (C=O) groups excluding carboxylic acids is 2. The van der Waals surface area contributed by atoms with Crippen LogP contribution in [0.15, 0.2) is 30.3 Å². The van der Waals surface area contributed by atoms with Crippen LogP contribution in [0.2, 0.25) is 0 Å². The van der Waals surface area contributed by atoms with Gasteiger partial charge in [0, 0.05) is 17.8 Å². The molecule has 0 fully saturated rings. The van der Waals surface area contributed by atoms with Gasteiger partial charge in [0.25, 0.3) is 0 Å². The van der Waals surface area contributed by atoms with E-state index in [4.69, 9.17) is 4.74 Å². The molecule has 0 spiro atoms. The van der Waals surface area contributed by atoms with E-state index in [9.17, 15) is 19.7 Å². The number of carbonyl (C=O) groups is 2. The van der Waals surface area contributed by atoms with Gasteiger partial charge in [-0.1, -0.05) is 37.3 Å². The van der Waals surface area contributed by atoms with Crippen molar-refractivity contribution in [1.82, 2.24) is 0 Å². The Hall–Kier alpha value is -2.24. The Morgan fingerprint density at radius 2 is 1.95 bits per heavy atom. The third kappa shape index (κ3) is 5.60. The van der Waals surface area contributed by atoms with Gasteiger partial charge in [-0.05, 0) is 5.56 Å². The van der Waals surface area contributed by atoms with Gasteiger partial charge in [0.2, 0.25) is 6.54 Å². The van der Waals surface area contributed by atoms with E-state index in [-0.39, 0.29) is 25.2 Å². The first kappa shape index (κ1) is 15.8. The second-order valence-corrected chi connectivity index (χ2v) is 4.40. The minimum absolute atomic E-state index is 0.0498. The number of benzene rings is 1. The lowest BCUT2D eigenvalue weighted by atomic mass is 10.0. The van der Waals surface area contributed by atoms with Crippen molar-refractivity contribution in [2.45, 2.75) is 26.4 Å². The molecule has 108 valence electrons. The SMILES string of the molecule is CCC(=O)CC(C[N+](=O)[O-])C(=O)OCc1ccccc1. The summed E-state index contributed by atoms with van der Waals surface area (Å²) in [6, 6.07) is 9.01. The first-order valence-corrected chi connectivity index (χ1v) is 6.37. The van der Waals surface area contributed by atoms with Gasteiger partial charge in [-0.3, -0.25) is 19.7 Å². The molecule has 0 aromatic heterocycles. The van der Waals surface area contributed by atoms with Crippen molar-refractivity contribution in [1.29, 1.82) is 0 Å². The summed E-state index contributed by atoms with van der Waals surface area (Å²) in [6.45, 7) is 1.12. The van der Waals surface area contributed by atoms with Crippen LogP contribution in [0.4, 0.5) is 0 Å². The van der Waals surface area contributed by atoms with Crippen molar-refractivity contribution in [2.75, 3.05) is 6.54 Å². The molecule has 6 heteroatoms. The fraction of sp³-hybridized carbons (Fsp3) is 0.429. The van der Waals surface area contributed by atoms with Crippen LogP contribution in [-0.2, 0) is 20.9 Å². The minimum Gasteiger partial charge on any atom is -0.460 e. The fourth-order valence-electron chi connectivity index (χ4n) is 1.67. The predicted molar refractivity (Wildman–Crippen MR) is 71.5 cm³/mol. The lowest BCUT2D eigenvalue weighted by molar-refractivity contribution is -0.486. The largest absolute Gasteiger partial charge is 0.460 e. The molecule has 0 bridgehead atoms. The van der Waals surface area contributed by atoms with Gasteiger partial charge in [0.1, 0.15) is 18.3 Å². The van der Waals surface area contributed by atoms with Gasteiger partial charge >= 0.3 is 5.97 Å². The Balaban J connectivity index is 2.58. The Kier molecular flexibility index (Phi) is 6.36. The molecule has 1 aromatic rings. The number of rotatable bonds is 8. The molecule has 0 aliphatic carbocycles. The van der Waals surface area contributed by atoms with E-state index in [0.29, 0.717) is 0 Å².